The molecule has 4 aliphatic rings. The van der Waals surface area contributed by atoms with Crippen molar-refractivity contribution in [1.82, 2.24) is 0 Å². The molecule has 4 aliphatic carbocycles. The van der Waals surface area contributed by atoms with Crippen molar-refractivity contribution in [2.75, 3.05) is 56.9 Å². The molecule has 0 spiro atoms. The standard InChI is InChI=1S/C40H38O8/c1-41-37(42-2)29-19-25-27(21-31(29)39(37,45-5)46-6)35-34(24-17-13-10-14-18-24)26-20-30-32(40(47-7,48-8)38(30,43-3)44-4)22-28(26)36(35)33(25)23-15-11-9-12-16-23/h9-22H,1-8H3. The Labute approximate surface area is 279 Å². The molecule has 8 nitrogen and oxygen atoms in total. The monoisotopic (exact) mass is 646 g/mol. The van der Waals surface area contributed by atoms with Gasteiger partial charge in [0.1, 0.15) is 0 Å². The van der Waals surface area contributed by atoms with Gasteiger partial charge in [0.2, 0.25) is 0 Å². The van der Waals surface area contributed by atoms with Crippen molar-refractivity contribution >= 4 is 22.3 Å². The second-order valence-electron chi connectivity index (χ2n) is 12.2. The molecule has 0 amide bonds. The summed E-state index contributed by atoms with van der Waals surface area (Å²) in [4.78, 5) is 0. The zero-order valence-electron chi connectivity index (χ0n) is 28.3. The highest BCUT2D eigenvalue weighted by molar-refractivity contribution is 6.31. The maximum Gasteiger partial charge on any atom is 0.256 e. The number of ether oxygens (including phenoxy) is 8. The average Bonchev–Trinajstić information content (AvgIpc) is 3.63. The number of methoxy groups -OCH3 is 8. The molecule has 0 radical (unpaired) electrons. The maximum atomic E-state index is 6.08. The van der Waals surface area contributed by atoms with E-state index in [4.69, 9.17) is 37.9 Å². The van der Waals surface area contributed by atoms with Crippen LogP contribution in [0.1, 0.15) is 33.4 Å². The van der Waals surface area contributed by atoms with Crippen molar-refractivity contribution in [3.8, 4) is 0 Å². The van der Waals surface area contributed by atoms with Crippen LogP contribution in [-0.2, 0) is 61.0 Å². The van der Waals surface area contributed by atoms with Gasteiger partial charge in [-0.05, 0) is 78.6 Å². The molecule has 0 saturated carbocycles. The van der Waals surface area contributed by atoms with Crippen molar-refractivity contribution in [2.24, 2.45) is 0 Å². The van der Waals surface area contributed by atoms with Crippen LogP contribution >= 0.6 is 0 Å². The lowest BCUT2D eigenvalue weighted by molar-refractivity contribution is -0.429. The Morgan fingerprint density at radius 1 is 0.312 bits per heavy atom. The Morgan fingerprint density at radius 3 is 0.771 bits per heavy atom. The second-order valence-corrected chi connectivity index (χ2v) is 12.2. The van der Waals surface area contributed by atoms with Crippen LogP contribution < -0.4 is 20.9 Å². The van der Waals surface area contributed by atoms with E-state index in [1.54, 1.807) is 56.9 Å². The molecule has 4 aromatic rings. The zero-order valence-corrected chi connectivity index (χ0v) is 28.3. The second kappa shape index (κ2) is 10.8. The number of fused-ring (bicyclic) bond motifs is 5. The topological polar surface area (TPSA) is 73.8 Å². The Bertz CT molecular complexity index is 2060. The van der Waals surface area contributed by atoms with E-state index in [-0.39, 0.29) is 0 Å². The van der Waals surface area contributed by atoms with Crippen LogP contribution in [-0.4, -0.2) is 56.9 Å². The number of hydrogen-bond acceptors (Lipinski definition) is 8. The average molecular weight is 647 g/mol. The molecule has 48 heavy (non-hydrogen) atoms. The van der Waals surface area contributed by atoms with Gasteiger partial charge in [-0.25, -0.2) is 0 Å². The largest absolute Gasteiger partial charge is 0.345 e. The molecule has 8 rings (SSSR count). The van der Waals surface area contributed by atoms with E-state index in [0.717, 1.165) is 76.5 Å². The van der Waals surface area contributed by atoms with Gasteiger partial charge in [0.25, 0.3) is 23.1 Å². The molecule has 0 heterocycles. The molecule has 0 aromatic heterocycles. The van der Waals surface area contributed by atoms with Crippen molar-refractivity contribution in [1.29, 1.82) is 0 Å². The molecule has 0 N–H and O–H groups in total. The van der Waals surface area contributed by atoms with E-state index < -0.39 is 23.1 Å². The lowest BCUT2D eigenvalue weighted by Crippen LogP contribution is -2.64. The summed E-state index contributed by atoms with van der Waals surface area (Å²) < 4.78 is 48.6. The molecule has 0 saturated heterocycles. The first kappa shape index (κ1) is 31.3. The lowest BCUT2D eigenvalue weighted by atomic mass is 9.73. The predicted molar refractivity (Wildman–Crippen MR) is 179 cm³/mol. The Hall–Kier alpha value is -3.96. The summed E-state index contributed by atoms with van der Waals surface area (Å²) in [6.45, 7) is 0. The molecule has 246 valence electrons. The van der Waals surface area contributed by atoms with Gasteiger partial charge in [-0.15, -0.1) is 0 Å². The van der Waals surface area contributed by atoms with Gasteiger partial charge in [-0.1, -0.05) is 60.7 Å². The number of benzene rings is 4. The molecular weight excluding hydrogens is 608 g/mol. The minimum absolute atomic E-state index is 0.848. The van der Waals surface area contributed by atoms with E-state index in [9.17, 15) is 0 Å². The van der Waals surface area contributed by atoms with Crippen molar-refractivity contribution in [3.63, 3.8) is 0 Å². The number of rotatable bonds is 10. The van der Waals surface area contributed by atoms with E-state index in [2.05, 4.69) is 72.8 Å². The molecule has 0 bridgehead atoms. The molecule has 0 unspecified atom stereocenters. The van der Waals surface area contributed by atoms with Crippen LogP contribution in [0.3, 0.4) is 0 Å². The summed E-state index contributed by atoms with van der Waals surface area (Å²) in [5, 5.41) is 4.26. The Kier molecular flexibility index (Phi) is 7.03. The summed E-state index contributed by atoms with van der Waals surface area (Å²) >= 11 is 0. The first-order chi connectivity index (χ1) is 23.4. The molecule has 4 aromatic carbocycles. The number of hydrogen-bond donors (Lipinski definition) is 0. The first-order valence-corrected chi connectivity index (χ1v) is 15.8. The summed E-state index contributed by atoms with van der Waals surface area (Å²) in [6.07, 6.45) is 0. The van der Waals surface area contributed by atoms with E-state index in [1.807, 2.05) is 12.1 Å². The summed E-state index contributed by atoms with van der Waals surface area (Å²) in [7, 11) is 12.9. The smallest absolute Gasteiger partial charge is 0.256 e. The van der Waals surface area contributed by atoms with Crippen LogP contribution in [0, 0.1) is 0 Å². The summed E-state index contributed by atoms with van der Waals surface area (Å²) in [6, 6.07) is 29.7. The van der Waals surface area contributed by atoms with Crippen LogP contribution in [0.2, 0.25) is 0 Å². The van der Waals surface area contributed by atoms with Gasteiger partial charge in [0, 0.05) is 79.1 Å². The quantitative estimate of drug-likeness (QED) is 0.244. The minimum Gasteiger partial charge on any atom is -0.345 e. The third-order valence-corrected chi connectivity index (χ3v) is 10.9. The first-order valence-electron chi connectivity index (χ1n) is 15.8. The fourth-order valence-corrected chi connectivity index (χ4v) is 8.86. The molecule has 8 heteroatoms. The van der Waals surface area contributed by atoms with Gasteiger partial charge in [0.15, 0.2) is 0 Å². The van der Waals surface area contributed by atoms with Gasteiger partial charge in [-0.3, -0.25) is 0 Å². The van der Waals surface area contributed by atoms with Crippen LogP contribution in [0.4, 0.5) is 0 Å². The molecular formula is C40H38O8. The van der Waals surface area contributed by atoms with E-state index in [0.29, 0.717) is 0 Å². The zero-order chi connectivity index (χ0) is 33.6. The minimum atomic E-state index is -1.27. The highest BCUT2D eigenvalue weighted by Crippen LogP contribution is 2.59. The summed E-state index contributed by atoms with van der Waals surface area (Å²) in [5.41, 5.74) is 10.0. The molecule has 0 atom stereocenters. The van der Waals surface area contributed by atoms with Gasteiger partial charge < -0.3 is 37.9 Å². The van der Waals surface area contributed by atoms with Gasteiger partial charge >= 0.3 is 0 Å². The van der Waals surface area contributed by atoms with Crippen molar-refractivity contribution in [2.45, 2.75) is 23.1 Å². The van der Waals surface area contributed by atoms with Crippen LogP contribution in [0.5, 0.6) is 0 Å². The van der Waals surface area contributed by atoms with Gasteiger partial charge in [-0.2, -0.15) is 0 Å². The fraction of sp³-hybridized carbons (Fsp3) is 0.300. The molecule has 0 fully saturated rings. The Morgan fingerprint density at radius 2 is 0.542 bits per heavy atom. The predicted octanol–water partition coefficient (Wildman–Crippen LogP) is 2.92. The van der Waals surface area contributed by atoms with E-state index in [1.165, 1.54) is 0 Å². The molecule has 0 aliphatic heterocycles. The summed E-state index contributed by atoms with van der Waals surface area (Å²) in [5.74, 6) is -5.07. The highest BCUT2D eigenvalue weighted by atomic mass is 16.8. The van der Waals surface area contributed by atoms with E-state index >= 15 is 0 Å². The fourth-order valence-electron chi connectivity index (χ4n) is 8.86. The highest BCUT2D eigenvalue weighted by Gasteiger charge is 2.69. The van der Waals surface area contributed by atoms with Crippen molar-refractivity contribution < 1.29 is 37.9 Å². The maximum absolute atomic E-state index is 6.08. The third-order valence-electron chi connectivity index (χ3n) is 10.9. The normalized spacial score (nSPS) is 19.6. The lowest BCUT2D eigenvalue weighted by Gasteiger charge is -2.54. The Balaban J connectivity index is 1.59. The third kappa shape index (κ3) is 3.32. The van der Waals surface area contributed by atoms with Crippen molar-refractivity contribution in [3.05, 3.63) is 139 Å². The SMILES string of the molecule is COC1(OC)c2cc3c(cc2C1(OC)OC)=C(c1ccccc1)C1=c2cc4c(cc2=C(c2ccccc2)C=31)C(OC)(OC)C4(OC)OC. The van der Waals surface area contributed by atoms with Crippen LogP contribution in [0.15, 0.2) is 84.9 Å². The van der Waals surface area contributed by atoms with Gasteiger partial charge in [0.05, 0.1) is 0 Å². The van der Waals surface area contributed by atoms with Crippen LogP contribution in [0.25, 0.3) is 22.3 Å².